The second kappa shape index (κ2) is 4.99. The van der Waals surface area contributed by atoms with E-state index in [-0.39, 0.29) is 6.03 Å². The molecule has 0 spiro atoms. The molecule has 1 saturated heterocycles. The highest BCUT2D eigenvalue weighted by molar-refractivity contribution is 5.88. The Morgan fingerprint density at radius 3 is 2.69 bits per heavy atom. The van der Waals surface area contributed by atoms with Crippen LogP contribution >= 0.6 is 0 Å². The minimum Gasteiger partial charge on any atom is -0.341 e. The molecule has 16 heavy (non-hydrogen) atoms. The molecule has 1 aliphatic heterocycles. The van der Waals surface area contributed by atoms with Crippen LogP contribution in [0.5, 0.6) is 0 Å². The summed E-state index contributed by atoms with van der Waals surface area (Å²) >= 11 is 0. The number of benzene rings is 1. The van der Waals surface area contributed by atoms with Gasteiger partial charge in [0.05, 0.1) is 0 Å². The molecular weight excluding hydrogens is 202 g/mol. The van der Waals surface area contributed by atoms with Gasteiger partial charge in [0.15, 0.2) is 0 Å². The summed E-state index contributed by atoms with van der Waals surface area (Å²) in [5.74, 6) is 0.619. The van der Waals surface area contributed by atoms with Crippen LogP contribution in [0.4, 0.5) is 10.5 Å². The third kappa shape index (κ3) is 2.52. The molecule has 1 fully saturated rings. The maximum Gasteiger partial charge on any atom is 0.318 e. The Balaban J connectivity index is 2.01. The van der Waals surface area contributed by atoms with Gasteiger partial charge in [0.25, 0.3) is 0 Å². The Morgan fingerprint density at radius 1 is 1.38 bits per heavy atom. The van der Waals surface area contributed by atoms with Gasteiger partial charge >= 0.3 is 6.03 Å². The smallest absolute Gasteiger partial charge is 0.318 e. The van der Waals surface area contributed by atoms with Crippen molar-refractivity contribution in [1.82, 2.24) is 10.6 Å². The lowest BCUT2D eigenvalue weighted by Crippen LogP contribution is -2.24. The van der Waals surface area contributed by atoms with Gasteiger partial charge in [0.2, 0.25) is 0 Å². The van der Waals surface area contributed by atoms with Gasteiger partial charge in [0.1, 0.15) is 0 Å². The minimum atomic E-state index is -0.185. The SMILES string of the molecule is CNC(=O)Nc1ccc(C2CCNC2)cc1. The molecule has 1 unspecified atom stereocenters. The number of urea groups is 1. The van der Waals surface area contributed by atoms with E-state index in [0.717, 1.165) is 18.8 Å². The van der Waals surface area contributed by atoms with Crippen LogP contribution in [0.25, 0.3) is 0 Å². The van der Waals surface area contributed by atoms with Crippen LogP contribution in [-0.2, 0) is 0 Å². The molecule has 1 aromatic carbocycles. The first-order valence-corrected chi connectivity index (χ1v) is 5.59. The Morgan fingerprint density at radius 2 is 2.12 bits per heavy atom. The van der Waals surface area contributed by atoms with E-state index in [1.807, 2.05) is 12.1 Å². The highest BCUT2D eigenvalue weighted by atomic mass is 16.2. The van der Waals surface area contributed by atoms with E-state index in [1.54, 1.807) is 7.05 Å². The van der Waals surface area contributed by atoms with E-state index in [4.69, 9.17) is 0 Å². The predicted molar refractivity (Wildman–Crippen MR) is 64.7 cm³/mol. The molecule has 0 aromatic heterocycles. The second-order valence-corrected chi connectivity index (χ2v) is 4.02. The van der Waals surface area contributed by atoms with Crippen LogP contribution in [-0.4, -0.2) is 26.2 Å². The van der Waals surface area contributed by atoms with Crippen molar-refractivity contribution in [3.8, 4) is 0 Å². The van der Waals surface area contributed by atoms with Crippen LogP contribution in [0.3, 0.4) is 0 Å². The normalized spacial score (nSPS) is 19.4. The zero-order chi connectivity index (χ0) is 11.4. The maximum absolute atomic E-state index is 11.1. The fraction of sp³-hybridized carbons (Fsp3) is 0.417. The fourth-order valence-corrected chi connectivity index (χ4v) is 1.97. The second-order valence-electron chi connectivity index (χ2n) is 4.02. The Hall–Kier alpha value is -1.55. The molecule has 1 aromatic rings. The van der Waals surface area contributed by atoms with Gasteiger partial charge in [-0.05, 0) is 36.6 Å². The van der Waals surface area contributed by atoms with Gasteiger partial charge in [-0.25, -0.2) is 4.79 Å². The number of hydrogen-bond donors (Lipinski definition) is 3. The number of hydrogen-bond acceptors (Lipinski definition) is 2. The maximum atomic E-state index is 11.1. The summed E-state index contributed by atoms with van der Waals surface area (Å²) in [4.78, 5) is 11.1. The molecule has 1 atom stereocenters. The highest BCUT2D eigenvalue weighted by Crippen LogP contribution is 2.23. The summed E-state index contributed by atoms with van der Waals surface area (Å²) in [6.45, 7) is 2.16. The van der Waals surface area contributed by atoms with Gasteiger partial charge in [-0.3, -0.25) is 0 Å². The van der Waals surface area contributed by atoms with Crippen molar-refractivity contribution in [2.75, 3.05) is 25.5 Å². The molecule has 0 aliphatic carbocycles. The number of anilines is 1. The van der Waals surface area contributed by atoms with E-state index in [2.05, 4.69) is 28.1 Å². The average molecular weight is 219 g/mol. The van der Waals surface area contributed by atoms with Crippen molar-refractivity contribution in [1.29, 1.82) is 0 Å². The van der Waals surface area contributed by atoms with Crippen LogP contribution in [0.2, 0.25) is 0 Å². The lowest BCUT2D eigenvalue weighted by molar-refractivity contribution is 0.254. The Labute approximate surface area is 95.4 Å². The lowest BCUT2D eigenvalue weighted by Gasteiger charge is -2.10. The third-order valence-electron chi connectivity index (χ3n) is 2.93. The Bertz CT molecular complexity index is 355. The molecule has 0 radical (unpaired) electrons. The first-order chi connectivity index (χ1) is 7.79. The molecule has 3 N–H and O–H groups in total. The summed E-state index contributed by atoms with van der Waals surface area (Å²) in [6, 6.07) is 7.88. The summed E-state index contributed by atoms with van der Waals surface area (Å²) in [7, 11) is 1.61. The van der Waals surface area contributed by atoms with Crippen LogP contribution in [0.15, 0.2) is 24.3 Å². The first-order valence-electron chi connectivity index (χ1n) is 5.59. The van der Waals surface area contributed by atoms with Crippen molar-refractivity contribution in [2.45, 2.75) is 12.3 Å². The van der Waals surface area contributed by atoms with E-state index in [0.29, 0.717) is 5.92 Å². The molecule has 2 amide bonds. The van der Waals surface area contributed by atoms with Crippen molar-refractivity contribution < 1.29 is 4.79 Å². The summed E-state index contributed by atoms with van der Waals surface area (Å²) in [5.41, 5.74) is 2.17. The molecule has 4 nitrogen and oxygen atoms in total. The summed E-state index contributed by atoms with van der Waals surface area (Å²) in [5, 5.41) is 8.61. The lowest BCUT2D eigenvalue weighted by atomic mass is 9.98. The van der Waals surface area contributed by atoms with Crippen LogP contribution in [0.1, 0.15) is 17.9 Å². The van der Waals surface area contributed by atoms with Crippen molar-refractivity contribution in [3.05, 3.63) is 29.8 Å². The highest BCUT2D eigenvalue weighted by Gasteiger charge is 2.15. The quantitative estimate of drug-likeness (QED) is 0.706. The molecule has 2 rings (SSSR count). The number of amides is 2. The number of nitrogens with one attached hydrogen (secondary N) is 3. The van der Waals surface area contributed by atoms with E-state index in [9.17, 15) is 4.79 Å². The van der Waals surface area contributed by atoms with Gasteiger partial charge in [-0.2, -0.15) is 0 Å². The predicted octanol–water partition coefficient (Wildman–Crippen LogP) is 1.51. The summed E-state index contributed by atoms with van der Waals surface area (Å²) in [6.07, 6.45) is 1.20. The Kier molecular flexibility index (Phi) is 3.41. The van der Waals surface area contributed by atoms with Crippen LogP contribution < -0.4 is 16.0 Å². The van der Waals surface area contributed by atoms with E-state index < -0.39 is 0 Å². The molecule has 1 heterocycles. The zero-order valence-corrected chi connectivity index (χ0v) is 9.42. The molecule has 86 valence electrons. The van der Waals surface area contributed by atoms with E-state index in [1.165, 1.54) is 12.0 Å². The van der Waals surface area contributed by atoms with Gasteiger partial charge in [-0.1, -0.05) is 12.1 Å². The van der Waals surface area contributed by atoms with Gasteiger partial charge < -0.3 is 16.0 Å². The van der Waals surface area contributed by atoms with Crippen molar-refractivity contribution in [2.24, 2.45) is 0 Å². The van der Waals surface area contributed by atoms with Crippen molar-refractivity contribution >= 4 is 11.7 Å². The van der Waals surface area contributed by atoms with Gasteiger partial charge in [-0.15, -0.1) is 0 Å². The molecule has 1 aliphatic rings. The van der Waals surface area contributed by atoms with E-state index >= 15 is 0 Å². The number of carbonyl (C=O) groups excluding carboxylic acids is 1. The zero-order valence-electron chi connectivity index (χ0n) is 9.42. The monoisotopic (exact) mass is 219 g/mol. The summed E-state index contributed by atoms with van der Waals surface area (Å²) < 4.78 is 0. The fourth-order valence-electron chi connectivity index (χ4n) is 1.97. The largest absolute Gasteiger partial charge is 0.341 e. The van der Waals surface area contributed by atoms with Crippen LogP contribution in [0, 0.1) is 0 Å². The molecule has 0 saturated carbocycles. The number of rotatable bonds is 2. The molecule has 4 heteroatoms. The number of carbonyl (C=O) groups is 1. The first kappa shape index (κ1) is 11.0. The van der Waals surface area contributed by atoms with Crippen molar-refractivity contribution in [3.63, 3.8) is 0 Å². The molecular formula is C12H17N3O. The molecule has 0 bridgehead atoms. The van der Waals surface area contributed by atoms with Gasteiger partial charge in [0, 0.05) is 19.3 Å². The third-order valence-corrected chi connectivity index (χ3v) is 2.93. The minimum absolute atomic E-state index is 0.185. The average Bonchev–Trinajstić information content (AvgIpc) is 2.83. The standard InChI is InChI=1S/C12H17N3O/c1-13-12(16)15-11-4-2-9(3-5-11)10-6-7-14-8-10/h2-5,10,14H,6-8H2,1H3,(H2,13,15,16). The topological polar surface area (TPSA) is 53.2 Å².